The zero-order valence-electron chi connectivity index (χ0n) is 17.4. The van der Waals surface area contributed by atoms with Gasteiger partial charge in [0.25, 0.3) is 5.56 Å². The van der Waals surface area contributed by atoms with E-state index >= 15 is 0 Å². The Morgan fingerprint density at radius 1 is 1.17 bits per heavy atom. The summed E-state index contributed by atoms with van der Waals surface area (Å²) >= 11 is 0. The van der Waals surface area contributed by atoms with E-state index in [4.69, 9.17) is 14.0 Å². The molecule has 0 saturated heterocycles. The van der Waals surface area contributed by atoms with Crippen molar-refractivity contribution in [2.45, 2.75) is 33.2 Å². The third-order valence-electron chi connectivity index (χ3n) is 4.63. The predicted octanol–water partition coefficient (Wildman–Crippen LogP) is 2.31. The summed E-state index contributed by atoms with van der Waals surface area (Å²) in [4.78, 5) is 31.3. The fourth-order valence-electron chi connectivity index (χ4n) is 3.05. The molecule has 0 radical (unpaired) electrons. The number of aromatic nitrogens is 3. The first-order valence-electron chi connectivity index (χ1n) is 9.42. The van der Waals surface area contributed by atoms with Gasteiger partial charge in [-0.2, -0.15) is 4.98 Å². The average molecular weight is 412 g/mol. The van der Waals surface area contributed by atoms with Crippen molar-refractivity contribution in [1.82, 2.24) is 20.4 Å². The molecule has 0 atom stereocenters. The van der Waals surface area contributed by atoms with Crippen LogP contribution in [0.2, 0.25) is 0 Å². The summed E-state index contributed by atoms with van der Waals surface area (Å²) in [5, 5.41) is 6.72. The summed E-state index contributed by atoms with van der Waals surface area (Å²) in [5.41, 5.74) is 2.69. The molecule has 1 aromatic carbocycles. The van der Waals surface area contributed by atoms with Gasteiger partial charge in [0.1, 0.15) is 0 Å². The number of methoxy groups -OCH3 is 2. The van der Waals surface area contributed by atoms with Crippen LogP contribution in [0.15, 0.2) is 33.6 Å². The van der Waals surface area contributed by atoms with E-state index in [-0.39, 0.29) is 30.9 Å². The molecular formula is C21H24N4O5. The quantitative estimate of drug-likeness (QED) is 0.583. The third kappa shape index (κ3) is 4.86. The Bertz CT molecular complexity index is 1100. The molecule has 30 heavy (non-hydrogen) atoms. The number of nitrogens with one attached hydrogen (secondary N) is 2. The maximum absolute atomic E-state index is 12.2. The lowest BCUT2D eigenvalue weighted by Crippen LogP contribution is -2.28. The highest BCUT2D eigenvalue weighted by Gasteiger charge is 2.14. The van der Waals surface area contributed by atoms with Crippen LogP contribution in [0.25, 0.3) is 11.4 Å². The molecule has 2 N–H and O–H groups in total. The zero-order valence-corrected chi connectivity index (χ0v) is 17.4. The maximum Gasteiger partial charge on any atom is 0.253 e. The molecule has 0 unspecified atom stereocenters. The van der Waals surface area contributed by atoms with Gasteiger partial charge in [-0.3, -0.25) is 9.59 Å². The van der Waals surface area contributed by atoms with Crippen molar-refractivity contribution in [3.05, 3.63) is 57.3 Å². The highest BCUT2D eigenvalue weighted by molar-refractivity contribution is 5.76. The molecule has 1 amide bonds. The number of hydrogen-bond donors (Lipinski definition) is 2. The molecule has 0 bridgehead atoms. The lowest BCUT2D eigenvalue weighted by molar-refractivity contribution is -0.121. The molecule has 0 saturated carbocycles. The number of aromatic amines is 1. The lowest BCUT2D eigenvalue weighted by Gasteiger charge is -2.07. The summed E-state index contributed by atoms with van der Waals surface area (Å²) in [5.74, 6) is 1.69. The van der Waals surface area contributed by atoms with Crippen molar-refractivity contribution in [2.75, 3.05) is 14.2 Å². The van der Waals surface area contributed by atoms with E-state index in [1.807, 2.05) is 19.9 Å². The Kier molecular flexibility index (Phi) is 6.51. The van der Waals surface area contributed by atoms with E-state index in [1.165, 1.54) is 0 Å². The molecule has 0 aliphatic rings. The minimum atomic E-state index is -0.208. The Morgan fingerprint density at radius 2 is 1.93 bits per heavy atom. The van der Waals surface area contributed by atoms with Crippen LogP contribution < -0.4 is 20.3 Å². The predicted molar refractivity (Wildman–Crippen MR) is 110 cm³/mol. The Labute approximate surface area is 173 Å². The van der Waals surface area contributed by atoms with E-state index in [2.05, 4.69) is 20.4 Å². The number of pyridine rings is 1. The second-order valence-corrected chi connectivity index (χ2v) is 6.80. The van der Waals surface area contributed by atoms with Crippen LogP contribution in [0.5, 0.6) is 11.5 Å². The number of rotatable bonds is 8. The number of carbonyl (C=O) groups excluding carboxylic acids is 1. The van der Waals surface area contributed by atoms with Crippen LogP contribution in [0.1, 0.15) is 29.1 Å². The van der Waals surface area contributed by atoms with Crippen molar-refractivity contribution in [2.24, 2.45) is 0 Å². The monoisotopic (exact) mass is 412 g/mol. The van der Waals surface area contributed by atoms with Crippen LogP contribution in [0, 0.1) is 13.8 Å². The summed E-state index contributed by atoms with van der Waals surface area (Å²) in [6, 6.07) is 7.18. The first-order chi connectivity index (χ1) is 14.4. The molecule has 2 heterocycles. The second kappa shape index (κ2) is 9.25. The second-order valence-electron chi connectivity index (χ2n) is 6.80. The number of hydrogen-bond acceptors (Lipinski definition) is 7. The first-order valence-corrected chi connectivity index (χ1v) is 9.42. The van der Waals surface area contributed by atoms with Crippen molar-refractivity contribution in [3.63, 3.8) is 0 Å². The Morgan fingerprint density at radius 3 is 2.63 bits per heavy atom. The molecule has 0 aliphatic heterocycles. The summed E-state index contributed by atoms with van der Waals surface area (Å²) < 4.78 is 15.7. The van der Waals surface area contributed by atoms with Crippen LogP contribution in [0.3, 0.4) is 0 Å². The molecule has 0 fully saturated rings. The smallest absolute Gasteiger partial charge is 0.253 e. The molecule has 9 heteroatoms. The fraction of sp³-hybridized carbons (Fsp3) is 0.333. The third-order valence-corrected chi connectivity index (χ3v) is 4.63. The van der Waals surface area contributed by atoms with Crippen molar-refractivity contribution in [3.8, 4) is 22.9 Å². The van der Waals surface area contributed by atoms with Gasteiger partial charge in [0.15, 0.2) is 11.5 Å². The van der Waals surface area contributed by atoms with Gasteiger partial charge in [0, 0.05) is 36.2 Å². The minimum absolute atomic E-state index is 0.163. The molecule has 3 aromatic rings. The number of benzene rings is 1. The van der Waals surface area contributed by atoms with Gasteiger partial charge in [-0.1, -0.05) is 5.16 Å². The topological polar surface area (TPSA) is 119 Å². The highest BCUT2D eigenvalue weighted by atomic mass is 16.5. The molecule has 0 aliphatic carbocycles. The van der Waals surface area contributed by atoms with Gasteiger partial charge < -0.3 is 24.3 Å². The molecule has 3 rings (SSSR count). The Balaban J connectivity index is 1.58. The van der Waals surface area contributed by atoms with Crippen LogP contribution >= 0.6 is 0 Å². The van der Waals surface area contributed by atoms with Crippen LogP contribution in [-0.2, 0) is 17.8 Å². The minimum Gasteiger partial charge on any atom is -0.493 e. The van der Waals surface area contributed by atoms with E-state index in [1.54, 1.807) is 32.4 Å². The van der Waals surface area contributed by atoms with Crippen molar-refractivity contribution in [1.29, 1.82) is 0 Å². The molecule has 9 nitrogen and oxygen atoms in total. The van der Waals surface area contributed by atoms with Crippen LogP contribution in [-0.4, -0.2) is 35.3 Å². The fourth-order valence-corrected chi connectivity index (χ4v) is 3.05. The first kappa shape index (κ1) is 21.1. The van der Waals surface area contributed by atoms with Gasteiger partial charge in [-0.25, -0.2) is 0 Å². The standard InChI is InChI=1S/C21H24N4O5/c1-12-9-13(2)23-21(27)15(12)11-22-18(26)7-8-19-24-20(25-30-19)14-5-6-16(28-3)17(10-14)29-4/h5-6,9-10H,7-8,11H2,1-4H3,(H,22,26)(H,23,27). The largest absolute Gasteiger partial charge is 0.493 e. The van der Waals surface area contributed by atoms with Gasteiger partial charge in [-0.05, 0) is 43.7 Å². The van der Waals surface area contributed by atoms with E-state index in [0.29, 0.717) is 34.3 Å². The van der Waals surface area contributed by atoms with Gasteiger partial charge >= 0.3 is 0 Å². The summed E-state index contributed by atoms with van der Waals surface area (Å²) in [6.45, 7) is 3.83. The van der Waals surface area contributed by atoms with E-state index in [0.717, 1.165) is 11.3 Å². The number of aryl methyl sites for hydroxylation is 3. The number of H-pyrrole nitrogens is 1. The molecule has 2 aromatic heterocycles. The molecule has 158 valence electrons. The SMILES string of the molecule is COc1ccc(-c2noc(CCC(=O)NCc3c(C)cc(C)[nH]c3=O)n2)cc1OC. The maximum atomic E-state index is 12.2. The molecular weight excluding hydrogens is 388 g/mol. The number of carbonyl (C=O) groups is 1. The van der Waals surface area contributed by atoms with E-state index < -0.39 is 0 Å². The van der Waals surface area contributed by atoms with Gasteiger partial charge in [-0.15, -0.1) is 0 Å². The summed E-state index contributed by atoms with van der Waals surface area (Å²) in [7, 11) is 3.11. The average Bonchev–Trinajstić information content (AvgIpc) is 3.20. The van der Waals surface area contributed by atoms with Crippen LogP contribution in [0.4, 0.5) is 0 Å². The zero-order chi connectivity index (χ0) is 21.7. The Hall–Kier alpha value is -3.62. The van der Waals surface area contributed by atoms with Gasteiger partial charge in [0.05, 0.1) is 14.2 Å². The van der Waals surface area contributed by atoms with Crippen molar-refractivity contribution >= 4 is 5.91 Å². The normalized spacial score (nSPS) is 10.7. The molecule has 0 spiro atoms. The number of nitrogens with zero attached hydrogens (tertiary/aromatic N) is 2. The van der Waals surface area contributed by atoms with Crippen molar-refractivity contribution < 1.29 is 18.8 Å². The lowest BCUT2D eigenvalue weighted by atomic mass is 10.1. The summed E-state index contributed by atoms with van der Waals surface area (Å²) in [6.07, 6.45) is 0.450. The number of ether oxygens (including phenoxy) is 2. The number of amides is 1. The van der Waals surface area contributed by atoms with E-state index in [9.17, 15) is 9.59 Å². The van der Waals surface area contributed by atoms with Gasteiger partial charge in [0.2, 0.25) is 17.6 Å². The highest BCUT2D eigenvalue weighted by Crippen LogP contribution is 2.31.